The minimum absolute atomic E-state index is 0.0566. The number of amides is 2. The summed E-state index contributed by atoms with van der Waals surface area (Å²) in [5.41, 5.74) is 4.40. The monoisotopic (exact) mass is 668 g/mol. The Morgan fingerprint density at radius 1 is 0.625 bits per heavy atom. The van der Waals surface area contributed by atoms with Gasteiger partial charge in [0.15, 0.2) is 0 Å². The van der Waals surface area contributed by atoms with Crippen LogP contribution < -0.4 is 0 Å². The molecule has 0 N–H and O–H groups in total. The van der Waals surface area contributed by atoms with Crippen LogP contribution in [0.5, 0.6) is 0 Å². The largest absolute Gasteiger partial charge is 0.307 e. The molecule has 0 spiro atoms. The van der Waals surface area contributed by atoms with E-state index < -0.39 is 0 Å². The quantitative estimate of drug-likeness (QED) is 0.201. The van der Waals surface area contributed by atoms with Gasteiger partial charge < -0.3 is 9.80 Å². The summed E-state index contributed by atoms with van der Waals surface area (Å²) in [6.45, 7) is 10.0. The molecule has 2 amide bonds. The third-order valence-electron chi connectivity index (χ3n) is 8.41. The highest BCUT2D eigenvalue weighted by Gasteiger charge is 2.49. The van der Waals surface area contributed by atoms with E-state index in [0.717, 1.165) is 82.8 Å². The molecule has 2 aromatic carbocycles. The lowest BCUT2D eigenvalue weighted by atomic mass is 9.97. The Morgan fingerprint density at radius 2 is 1.00 bits per heavy atom. The number of nitrogens with zero attached hydrogens (tertiary/aromatic N) is 2. The lowest BCUT2D eigenvalue weighted by Crippen LogP contribution is -2.34. The molecule has 0 aromatic heterocycles. The highest BCUT2D eigenvalue weighted by Crippen LogP contribution is 2.49. The van der Waals surface area contributed by atoms with Crippen molar-refractivity contribution in [2.75, 3.05) is 13.1 Å². The number of hydrogen-bond acceptors (Lipinski definition) is 2. The average molecular weight is 671 g/mol. The molecule has 0 fully saturated rings. The van der Waals surface area contributed by atoms with Crippen LogP contribution in [0.15, 0.2) is 68.6 Å². The van der Waals surface area contributed by atoms with Gasteiger partial charge in [-0.3, -0.25) is 9.59 Å². The molecule has 2 aliphatic heterocycles. The van der Waals surface area contributed by atoms with Crippen molar-refractivity contribution in [3.8, 4) is 0 Å². The Kier molecular flexibility index (Phi) is 10.9. The van der Waals surface area contributed by atoms with Crippen LogP contribution in [0.2, 0.25) is 0 Å². The third kappa shape index (κ3) is 6.18. The van der Waals surface area contributed by atoms with Gasteiger partial charge in [0, 0.05) is 33.2 Å². The minimum atomic E-state index is -0.0566. The molecule has 40 heavy (non-hydrogen) atoms. The summed E-state index contributed by atoms with van der Waals surface area (Å²) < 4.78 is 1.78. The maximum atomic E-state index is 14.5. The number of carbonyl (C=O) groups excluding carboxylic acids is 2. The van der Waals surface area contributed by atoms with Crippen LogP contribution in [0.3, 0.4) is 0 Å². The average Bonchev–Trinajstić information content (AvgIpc) is 3.39. The van der Waals surface area contributed by atoms with Gasteiger partial charge in [-0.25, -0.2) is 0 Å². The van der Waals surface area contributed by atoms with Crippen molar-refractivity contribution in [3.63, 3.8) is 0 Å². The van der Waals surface area contributed by atoms with Crippen molar-refractivity contribution in [2.24, 2.45) is 11.8 Å². The predicted octanol–water partition coefficient (Wildman–Crippen LogP) is 9.45. The van der Waals surface area contributed by atoms with Gasteiger partial charge in [0.05, 0.1) is 22.5 Å². The number of rotatable bonds is 14. The van der Waals surface area contributed by atoms with Gasteiger partial charge in [-0.1, -0.05) is 134 Å². The van der Waals surface area contributed by atoms with E-state index >= 15 is 0 Å². The highest BCUT2D eigenvalue weighted by atomic mass is 79.9. The molecule has 0 radical (unpaired) electrons. The van der Waals surface area contributed by atoms with Gasteiger partial charge in [0.2, 0.25) is 0 Å². The first-order valence-corrected chi connectivity index (χ1v) is 16.6. The van der Waals surface area contributed by atoms with Crippen molar-refractivity contribution in [1.82, 2.24) is 9.80 Å². The standard InChI is InChI=1S/C34H42Br2N2O2/c1-5-9-15-23(7-3)21-37-31(25-17-11-13-19-27(25)35)29-30(33(37)39)32(26-18-12-14-20-28(26)36)38(34(29)40)22-24(8-4)16-10-6-2/h11-14,17-20,23-24H,5-10,15-16,21-22H2,1-4H3. The normalized spacial score (nSPS) is 16.9. The zero-order chi connectivity index (χ0) is 28.8. The van der Waals surface area contributed by atoms with Crippen molar-refractivity contribution >= 4 is 55.1 Å². The molecule has 0 saturated heterocycles. The number of halogens is 2. The molecular weight excluding hydrogens is 628 g/mol. The second kappa shape index (κ2) is 14.1. The van der Waals surface area contributed by atoms with E-state index in [-0.39, 0.29) is 11.8 Å². The molecule has 4 nitrogen and oxygen atoms in total. The number of benzene rings is 2. The molecule has 2 unspecified atom stereocenters. The first-order valence-electron chi connectivity index (χ1n) is 15.0. The smallest absolute Gasteiger partial charge is 0.261 e. The summed E-state index contributed by atoms with van der Waals surface area (Å²) in [6.07, 6.45) is 8.66. The number of unbranched alkanes of at least 4 members (excludes halogenated alkanes) is 2. The summed E-state index contributed by atoms with van der Waals surface area (Å²) in [7, 11) is 0. The fourth-order valence-electron chi connectivity index (χ4n) is 5.96. The van der Waals surface area contributed by atoms with Gasteiger partial charge in [-0.05, 0) is 36.8 Å². The van der Waals surface area contributed by atoms with Crippen LogP contribution in [-0.4, -0.2) is 34.7 Å². The van der Waals surface area contributed by atoms with E-state index in [1.807, 2.05) is 58.3 Å². The Morgan fingerprint density at radius 3 is 1.32 bits per heavy atom. The van der Waals surface area contributed by atoms with Crippen LogP contribution in [-0.2, 0) is 9.59 Å². The summed E-state index contributed by atoms with van der Waals surface area (Å²) in [5.74, 6) is 0.633. The van der Waals surface area contributed by atoms with Crippen molar-refractivity contribution < 1.29 is 9.59 Å². The van der Waals surface area contributed by atoms with Crippen LogP contribution >= 0.6 is 31.9 Å². The second-order valence-corrected chi connectivity index (χ2v) is 12.8. The van der Waals surface area contributed by atoms with E-state index in [1.54, 1.807) is 0 Å². The van der Waals surface area contributed by atoms with E-state index in [4.69, 9.17) is 0 Å². The maximum Gasteiger partial charge on any atom is 0.261 e. The third-order valence-corrected chi connectivity index (χ3v) is 9.79. The summed E-state index contributed by atoms with van der Waals surface area (Å²) in [6, 6.07) is 15.9. The summed E-state index contributed by atoms with van der Waals surface area (Å²) in [4.78, 5) is 32.9. The van der Waals surface area contributed by atoms with Gasteiger partial charge in [0.25, 0.3) is 11.8 Å². The Hall–Kier alpha value is -2.18. The molecule has 214 valence electrons. The Balaban J connectivity index is 1.93. The lowest BCUT2D eigenvalue weighted by Gasteiger charge is -2.30. The molecule has 2 heterocycles. The van der Waals surface area contributed by atoms with Crippen LogP contribution in [0.1, 0.15) is 90.2 Å². The predicted molar refractivity (Wildman–Crippen MR) is 172 cm³/mol. The molecule has 2 aliphatic rings. The number of hydrogen-bond donors (Lipinski definition) is 0. The van der Waals surface area contributed by atoms with E-state index in [1.165, 1.54) is 0 Å². The molecule has 4 rings (SSSR count). The molecular formula is C34H42Br2N2O2. The maximum absolute atomic E-state index is 14.5. The molecule has 6 heteroatoms. The zero-order valence-electron chi connectivity index (χ0n) is 24.3. The molecule has 0 bridgehead atoms. The van der Waals surface area contributed by atoms with Crippen molar-refractivity contribution in [1.29, 1.82) is 0 Å². The Labute approximate surface area is 257 Å². The summed E-state index contributed by atoms with van der Waals surface area (Å²) >= 11 is 7.48. The van der Waals surface area contributed by atoms with Gasteiger partial charge in [0.1, 0.15) is 0 Å². The zero-order valence-corrected chi connectivity index (χ0v) is 27.5. The van der Waals surface area contributed by atoms with Gasteiger partial charge in [-0.15, -0.1) is 0 Å². The topological polar surface area (TPSA) is 40.6 Å². The fourth-order valence-corrected chi connectivity index (χ4v) is 6.91. The SMILES string of the molecule is CCCCC(CC)CN1C(=O)C2=C(c3ccccc3Br)N(CC(CC)CCCC)C(=O)C2=C1c1ccccc1Br. The molecule has 2 atom stereocenters. The van der Waals surface area contributed by atoms with Crippen LogP contribution in [0.25, 0.3) is 11.4 Å². The fraction of sp³-hybridized carbons (Fsp3) is 0.471. The first kappa shape index (κ1) is 30.8. The van der Waals surface area contributed by atoms with E-state index in [9.17, 15) is 9.59 Å². The highest BCUT2D eigenvalue weighted by molar-refractivity contribution is 9.10. The van der Waals surface area contributed by atoms with Gasteiger partial charge in [-0.2, -0.15) is 0 Å². The molecule has 2 aromatic rings. The molecule has 0 aliphatic carbocycles. The molecule has 0 saturated carbocycles. The Bertz CT molecular complexity index is 1200. The lowest BCUT2D eigenvalue weighted by molar-refractivity contribution is -0.124. The van der Waals surface area contributed by atoms with Crippen molar-refractivity contribution in [3.05, 3.63) is 79.7 Å². The minimum Gasteiger partial charge on any atom is -0.307 e. The summed E-state index contributed by atoms with van der Waals surface area (Å²) in [5, 5.41) is 0. The van der Waals surface area contributed by atoms with Crippen LogP contribution in [0.4, 0.5) is 0 Å². The van der Waals surface area contributed by atoms with E-state index in [2.05, 4.69) is 59.6 Å². The number of carbonyl (C=O) groups is 2. The van der Waals surface area contributed by atoms with Crippen molar-refractivity contribution in [2.45, 2.75) is 79.1 Å². The van der Waals surface area contributed by atoms with Gasteiger partial charge >= 0.3 is 0 Å². The first-order chi connectivity index (χ1) is 19.4. The van der Waals surface area contributed by atoms with E-state index in [0.29, 0.717) is 36.1 Å². The van der Waals surface area contributed by atoms with Crippen LogP contribution in [0, 0.1) is 11.8 Å². The number of fused-ring (bicyclic) bond motifs is 1. The second-order valence-electron chi connectivity index (χ2n) is 11.1.